The lowest BCUT2D eigenvalue weighted by Crippen LogP contribution is -2.56. The van der Waals surface area contributed by atoms with Gasteiger partial charge in [0.1, 0.15) is 5.75 Å². The summed E-state index contributed by atoms with van der Waals surface area (Å²) in [5, 5.41) is 9.88. The van der Waals surface area contributed by atoms with Crippen LogP contribution in [0.4, 0.5) is 0 Å². The van der Waals surface area contributed by atoms with Gasteiger partial charge in [0.2, 0.25) is 0 Å². The number of hydrogen-bond acceptors (Lipinski definition) is 6. The molecule has 1 fully saturated rings. The van der Waals surface area contributed by atoms with E-state index in [4.69, 9.17) is 23.7 Å². The Hall–Kier alpha value is -2.74. The van der Waals surface area contributed by atoms with Crippen molar-refractivity contribution < 1.29 is 28.8 Å². The molecule has 1 aliphatic heterocycles. The van der Waals surface area contributed by atoms with Crippen LogP contribution in [0.25, 0.3) is 0 Å². The number of rotatable bonds is 14. The fourth-order valence-corrected chi connectivity index (χ4v) is 4.88. The Morgan fingerprint density at radius 1 is 0.816 bits per heavy atom. The minimum absolute atomic E-state index is 0.0195. The van der Waals surface area contributed by atoms with Crippen molar-refractivity contribution in [3.63, 3.8) is 0 Å². The third kappa shape index (κ3) is 8.13. The Bertz CT molecular complexity index is 1060. The summed E-state index contributed by atoms with van der Waals surface area (Å²) < 4.78 is 30.8. The molecular weight excluding hydrogens is 480 g/mol. The van der Waals surface area contributed by atoms with E-state index in [1.54, 1.807) is 7.11 Å². The largest absolute Gasteiger partial charge is 0.497 e. The summed E-state index contributed by atoms with van der Waals surface area (Å²) in [5.74, 6) is 0.812. The maximum atomic E-state index is 9.88. The summed E-state index contributed by atoms with van der Waals surface area (Å²) in [6.45, 7) is 4.11. The molecule has 0 bridgehead atoms. The average molecular weight is 521 g/mol. The van der Waals surface area contributed by atoms with Crippen molar-refractivity contribution in [3.05, 3.63) is 102 Å². The topological polar surface area (TPSA) is 66.4 Å². The van der Waals surface area contributed by atoms with Gasteiger partial charge in [0.25, 0.3) is 0 Å². The maximum Gasteiger partial charge on any atom is 0.118 e. The number of aliphatic hydroxyl groups excluding tert-OH is 1. The zero-order valence-electron chi connectivity index (χ0n) is 22.5. The fourth-order valence-electron chi connectivity index (χ4n) is 4.88. The molecule has 1 heterocycles. The summed E-state index contributed by atoms with van der Waals surface area (Å²) in [4.78, 5) is 0. The van der Waals surface area contributed by atoms with Crippen LogP contribution in [0.3, 0.4) is 0 Å². The van der Waals surface area contributed by atoms with E-state index in [0.717, 1.165) is 22.4 Å². The van der Waals surface area contributed by atoms with Gasteiger partial charge in [-0.1, -0.05) is 72.8 Å². The van der Waals surface area contributed by atoms with E-state index < -0.39 is 5.60 Å². The van der Waals surface area contributed by atoms with E-state index in [9.17, 15) is 5.11 Å². The van der Waals surface area contributed by atoms with E-state index in [-0.39, 0.29) is 24.9 Å². The lowest BCUT2D eigenvalue weighted by Gasteiger charge is -2.48. The predicted octanol–water partition coefficient (Wildman–Crippen LogP) is 5.70. The van der Waals surface area contributed by atoms with Gasteiger partial charge in [-0.3, -0.25) is 0 Å². The van der Waals surface area contributed by atoms with Crippen LogP contribution in [0.1, 0.15) is 42.9 Å². The van der Waals surface area contributed by atoms with Gasteiger partial charge in [0, 0.05) is 26.1 Å². The first-order chi connectivity index (χ1) is 18.6. The van der Waals surface area contributed by atoms with Gasteiger partial charge in [-0.15, -0.1) is 0 Å². The Balaban J connectivity index is 1.42. The molecule has 3 aromatic rings. The smallest absolute Gasteiger partial charge is 0.118 e. The molecule has 6 nitrogen and oxygen atoms in total. The quantitative estimate of drug-likeness (QED) is 0.275. The van der Waals surface area contributed by atoms with Crippen LogP contribution in [-0.4, -0.2) is 49.3 Å². The summed E-state index contributed by atoms with van der Waals surface area (Å²) in [7, 11) is 1.66. The zero-order valence-corrected chi connectivity index (χ0v) is 22.5. The monoisotopic (exact) mass is 520 g/mol. The molecular formula is C32H40O6. The maximum absolute atomic E-state index is 9.88. The first-order valence-corrected chi connectivity index (χ1v) is 13.4. The molecule has 204 valence electrons. The Morgan fingerprint density at radius 2 is 1.42 bits per heavy atom. The van der Waals surface area contributed by atoms with Crippen LogP contribution < -0.4 is 4.74 Å². The highest BCUT2D eigenvalue weighted by molar-refractivity contribution is 5.26. The highest BCUT2D eigenvalue weighted by Gasteiger charge is 2.46. The molecule has 1 aliphatic rings. The van der Waals surface area contributed by atoms with Gasteiger partial charge in [0.05, 0.1) is 50.8 Å². The van der Waals surface area contributed by atoms with Gasteiger partial charge >= 0.3 is 0 Å². The zero-order chi connectivity index (χ0) is 26.6. The van der Waals surface area contributed by atoms with E-state index >= 15 is 0 Å². The molecule has 0 aliphatic carbocycles. The number of ether oxygens (including phenoxy) is 5. The second-order valence-electron chi connectivity index (χ2n) is 9.99. The van der Waals surface area contributed by atoms with E-state index in [1.165, 1.54) is 0 Å². The van der Waals surface area contributed by atoms with Crippen molar-refractivity contribution in [2.75, 3.05) is 20.3 Å². The van der Waals surface area contributed by atoms with Crippen molar-refractivity contribution in [2.45, 2.75) is 69.9 Å². The van der Waals surface area contributed by atoms with Gasteiger partial charge < -0.3 is 28.8 Å². The van der Waals surface area contributed by atoms with Crippen molar-refractivity contribution in [3.8, 4) is 5.75 Å². The third-order valence-electron chi connectivity index (χ3n) is 7.15. The molecule has 0 amide bonds. The van der Waals surface area contributed by atoms with Crippen molar-refractivity contribution in [1.29, 1.82) is 0 Å². The molecule has 38 heavy (non-hydrogen) atoms. The molecule has 0 unspecified atom stereocenters. The van der Waals surface area contributed by atoms with E-state index in [0.29, 0.717) is 45.7 Å². The molecule has 4 atom stereocenters. The van der Waals surface area contributed by atoms with Gasteiger partial charge in [-0.2, -0.15) is 0 Å². The van der Waals surface area contributed by atoms with Crippen LogP contribution in [0.15, 0.2) is 84.9 Å². The van der Waals surface area contributed by atoms with Gasteiger partial charge in [0.15, 0.2) is 0 Å². The summed E-state index contributed by atoms with van der Waals surface area (Å²) >= 11 is 0. The molecule has 0 aromatic heterocycles. The third-order valence-corrected chi connectivity index (χ3v) is 7.15. The van der Waals surface area contributed by atoms with Crippen LogP contribution in [-0.2, 0) is 38.8 Å². The molecule has 1 N–H and O–H groups in total. The Morgan fingerprint density at radius 3 is 2.05 bits per heavy atom. The summed E-state index contributed by atoms with van der Waals surface area (Å²) in [5.41, 5.74) is 2.67. The molecule has 0 spiro atoms. The van der Waals surface area contributed by atoms with Crippen molar-refractivity contribution in [1.82, 2.24) is 0 Å². The average Bonchev–Trinajstić information content (AvgIpc) is 2.95. The van der Waals surface area contributed by atoms with Crippen molar-refractivity contribution >= 4 is 0 Å². The van der Waals surface area contributed by atoms with Crippen LogP contribution >= 0.6 is 0 Å². The van der Waals surface area contributed by atoms with Crippen molar-refractivity contribution in [2.24, 2.45) is 0 Å². The SMILES string of the molecule is COc1ccc(CO[C@H]2C[C@@H](OCc3ccccc3)[C@H](CCOCc3ccccc3)O[C@]2(C)CCO)cc1. The summed E-state index contributed by atoms with van der Waals surface area (Å²) in [6.07, 6.45) is 1.27. The standard InChI is InChI=1S/C32H40O6/c1-32(18-19-33)31(37-24-27-13-15-28(34-2)16-14-27)21-30(36-23-26-11-7-4-8-12-26)29(38-32)17-20-35-22-25-9-5-3-6-10-25/h3-16,29-31,33H,17-24H2,1-2H3/t29-,30+,31-,32+/m0/s1. The van der Waals surface area contributed by atoms with Crippen LogP contribution in [0.5, 0.6) is 5.75 Å². The lowest BCUT2D eigenvalue weighted by atomic mass is 9.85. The second kappa shape index (κ2) is 14.4. The first-order valence-electron chi connectivity index (χ1n) is 13.4. The number of aliphatic hydroxyl groups is 1. The number of hydrogen-bond donors (Lipinski definition) is 1. The minimum Gasteiger partial charge on any atom is -0.497 e. The fraction of sp³-hybridized carbons (Fsp3) is 0.438. The second-order valence-corrected chi connectivity index (χ2v) is 9.99. The lowest BCUT2D eigenvalue weighted by molar-refractivity contribution is -0.252. The highest BCUT2D eigenvalue weighted by atomic mass is 16.6. The molecule has 0 saturated carbocycles. The normalized spacial score (nSPS) is 23.3. The van der Waals surface area contributed by atoms with Crippen LogP contribution in [0, 0.1) is 0 Å². The molecule has 4 rings (SSSR count). The van der Waals surface area contributed by atoms with Crippen LogP contribution in [0.2, 0.25) is 0 Å². The highest BCUT2D eigenvalue weighted by Crippen LogP contribution is 2.37. The first kappa shape index (κ1) is 28.3. The van der Waals surface area contributed by atoms with E-state index in [2.05, 4.69) is 24.3 Å². The minimum atomic E-state index is -0.641. The van der Waals surface area contributed by atoms with Gasteiger partial charge in [-0.25, -0.2) is 0 Å². The molecule has 3 aromatic carbocycles. The molecule has 6 heteroatoms. The number of methoxy groups -OCH3 is 1. The predicted molar refractivity (Wildman–Crippen MR) is 147 cm³/mol. The summed E-state index contributed by atoms with van der Waals surface area (Å²) in [6, 6.07) is 28.2. The molecule has 1 saturated heterocycles. The van der Waals surface area contributed by atoms with Gasteiger partial charge in [-0.05, 0) is 42.2 Å². The Kier molecular flexibility index (Phi) is 10.7. The number of benzene rings is 3. The molecule has 0 radical (unpaired) electrons. The van der Waals surface area contributed by atoms with E-state index in [1.807, 2.05) is 67.6 Å². The Labute approximate surface area is 226 Å².